The molecule has 0 saturated carbocycles. The molecule has 0 saturated heterocycles. The lowest BCUT2D eigenvalue weighted by Gasteiger charge is -2.39. The molecule has 0 fully saturated rings. The van der Waals surface area contributed by atoms with Crippen LogP contribution in [0.4, 0.5) is 0 Å². The Labute approximate surface area is 406 Å². The summed E-state index contributed by atoms with van der Waals surface area (Å²) in [5.74, 6) is 3.94. The molecule has 0 aliphatic heterocycles. The summed E-state index contributed by atoms with van der Waals surface area (Å²) in [6.45, 7) is 41.9. The van der Waals surface area contributed by atoms with E-state index in [0.29, 0.717) is 47.0 Å². The van der Waals surface area contributed by atoms with Crippen molar-refractivity contribution in [3.05, 3.63) is 118 Å². The Hall–Kier alpha value is -3.75. The normalized spacial score (nSPS) is 14.4. The highest BCUT2D eigenvalue weighted by molar-refractivity contribution is 6.93. The second-order valence-corrected chi connectivity index (χ2v) is 33.5. The Morgan fingerprint density at radius 3 is 0.909 bits per heavy atom. The third-order valence-electron chi connectivity index (χ3n) is 13.3. The second-order valence-electron chi connectivity index (χ2n) is 24.8. The van der Waals surface area contributed by atoms with Crippen LogP contribution in [0.2, 0.25) is 36.3 Å². The molecule has 4 aromatic rings. The van der Waals surface area contributed by atoms with Gasteiger partial charge in [-0.15, -0.1) is 0 Å². The highest BCUT2D eigenvalue weighted by atomic mass is 28.3. The van der Waals surface area contributed by atoms with E-state index in [0.717, 1.165) is 58.5 Å². The zero-order valence-electron chi connectivity index (χ0n) is 44.9. The van der Waals surface area contributed by atoms with Crippen molar-refractivity contribution >= 4 is 39.0 Å². The number of phenols is 2. The fraction of sp³-hybridized carbons (Fsp3) is 0.567. The smallest absolute Gasteiger partial charge is 0.123 e. The molecule has 0 spiro atoms. The molecule has 66 heavy (non-hydrogen) atoms. The molecule has 0 heterocycles. The minimum atomic E-state index is -2.22. The van der Waals surface area contributed by atoms with Crippen LogP contribution in [0.3, 0.4) is 0 Å². The van der Waals surface area contributed by atoms with Gasteiger partial charge in [0.25, 0.3) is 0 Å². The first-order valence-corrected chi connectivity index (χ1v) is 30.8. The van der Waals surface area contributed by atoms with Crippen LogP contribution in [-0.2, 0) is 10.8 Å². The maximum absolute atomic E-state index is 12.7. The number of nitrogens with zero attached hydrogens (tertiary/aromatic N) is 2. The van der Waals surface area contributed by atoms with Crippen LogP contribution in [0.5, 0.6) is 11.5 Å². The zero-order chi connectivity index (χ0) is 49.4. The lowest BCUT2D eigenvalue weighted by Crippen LogP contribution is -2.51. The van der Waals surface area contributed by atoms with Crippen molar-refractivity contribution in [1.29, 1.82) is 0 Å². The molecule has 4 rings (SSSR count). The summed E-state index contributed by atoms with van der Waals surface area (Å²) in [7, 11) is -4.44. The fourth-order valence-electron chi connectivity index (χ4n) is 11.4. The molecule has 362 valence electrons. The summed E-state index contributed by atoms with van der Waals surface area (Å²) in [5.41, 5.74) is 5.86. The lowest BCUT2D eigenvalue weighted by molar-refractivity contribution is 0.475. The summed E-state index contributed by atoms with van der Waals surface area (Å²) in [6, 6.07) is 36.1. The van der Waals surface area contributed by atoms with Crippen molar-refractivity contribution in [1.82, 2.24) is 0 Å². The molecule has 0 aromatic heterocycles. The maximum Gasteiger partial charge on any atom is 0.123 e. The molecule has 0 amide bonds. The van der Waals surface area contributed by atoms with Crippen LogP contribution >= 0.6 is 0 Å². The van der Waals surface area contributed by atoms with Gasteiger partial charge in [-0.3, -0.25) is 9.98 Å². The molecule has 2 atom stereocenters. The Morgan fingerprint density at radius 1 is 0.424 bits per heavy atom. The van der Waals surface area contributed by atoms with Crippen molar-refractivity contribution in [3.63, 3.8) is 0 Å². The minimum absolute atomic E-state index is 0.128. The Bertz CT molecular complexity index is 1980. The number of hydrogen-bond acceptors (Lipinski definition) is 4. The largest absolute Gasteiger partial charge is 0.507 e. The van der Waals surface area contributed by atoms with Crippen LogP contribution in [-0.4, -0.2) is 38.8 Å². The molecule has 6 heteroatoms. The van der Waals surface area contributed by atoms with E-state index in [2.05, 4.69) is 210 Å². The van der Waals surface area contributed by atoms with Crippen LogP contribution in [0.25, 0.3) is 0 Å². The topological polar surface area (TPSA) is 65.2 Å². The zero-order valence-corrected chi connectivity index (χ0v) is 46.9. The molecule has 0 bridgehead atoms. The van der Waals surface area contributed by atoms with Crippen molar-refractivity contribution in [3.8, 4) is 11.5 Å². The Kier molecular flexibility index (Phi) is 19.1. The average Bonchev–Trinajstić information content (AvgIpc) is 3.18. The monoisotopic (exact) mass is 929 g/mol. The number of hydrogen-bond donors (Lipinski definition) is 2. The van der Waals surface area contributed by atoms with Crippen LogP contribution in [0.1, 0.15) is 170 Å². The quantitative estimate of drug-likeness (QED) is 0.0646. The lowest BCUT2D eigenvalue weighted by atomic mass is 9.86. The predicted molar refractivity (Wildman–Crippen MR) is 296 cm³/mol. The molecule has 0 aliphatic carbocycles. The number of aromatic hydroxyl groups is 2. The molecule has 0 aliphatic rings. The van der Waals surface area contributed by atoms with E-state index in [-0.39, 0.29) is 10.8 Å². The van der Waals surface area contributed by atoms with E-state index in [9.17, 15) is 10.2 Å². The molecule has 2 N–H and O–H groups in total. The first-order valence-electron chi connectivity index (χ1n) is 25.6. The summed E-state index contributed by atoms with van der Waals surface area (Å²) < 4.78 is 0. The summed E-state index contributed by atoms with van der Waals surface area (Å²) >= 11 is 0. The first kappa shape index (κ1) is 54.9. The van der Waals surface area contributed by atoms with Gasteiger partial charge >= 0.3 is 0 Å². The van der Waals surface area contributed by atoms with Crippen LogP contribution in [0, 0.1) is 35.5 Å². The summed E-state index contributed by atoms with van der Waals surface area (Å²) in [6.07, 6.45) is 3.91. The van der Waals surface area contributed by atoms with Gasteiger partial charge in [0.2, 0.25) is 0 Å². The Balaban J connectivity index is 2.07. The summed E-state index contributed by atoms with van der Waals surface area (Å²) in [5, 5.41) is 27.8. The van der Waals surface area contributed by atoms with Crippen molar-refractivity contribution in [2.75, 3.05) is 0 Å². The highest BCUT2D eigenvalue weighted by Gasteiger charge is 2.42. The van der Waals surface area contributed by atoms with Crippen molar-refractivity contribution in [2.24, 2.45) is 45.5 Å². The number of rotatable bonds is 21. The van der Waals surface area contributed by atoms with Crippen LogP contribution < -0.4 is 10.4 Å². The molecular weight excluding hydrogens is 837 g/mol. The average molecular weight is 930 g/mol. The van der Waals surface area contributed by atoms with Gasteiger partial charge in [-0.25, -0.2) is 0 Å². The van der Waals surface area contributed by atoms with Gasteiger partial charge in [0.05, 0.1) is 16.1 Å². The van der Waals surface area contributed by atoms with Gasteiger partial charge in [-0.2, -0.15) is 0 Å². The maximum atomic E-state index is 12.7. The molecule has 0 unspecified atom stereocenters. The third kappa shape index (κ3) is 14.6. The molecule has 4 aromatic carbocycles. The molecular formula is C60H92N2O2Si2. The first-order chi connectivity index (χ1) is 30.7. The minimum Gasteiger partial charge on any atom is -0.507 e. The summed E-state index contributed by atoms with van der Waals surface area (Å²) in [4.78, 5) is 11.1. The molecule has 0 radical (unpaired) electrons. The van der Waals surface area contributed by atoms with E-state index in [1.165, 1.54) is 21.5 Å². The number of benzene rings is 4. The van der Waals surface area contributed by atoms with E-state index >= 15 is 0 Å². The fourth-order valence-corrected chi connectivity index (χ4v) is 25.3. The van der Waals surface area contributed by atoms with Gasteiger partial charge < -0.3 is 10.2 Å². The van der Waals surface area contributed by atoms with E-state index in [1.54, 1.807) is 0 Å². The van der Waals surface area contributed by atoms with Crippen LogP contribution in [0.15, 0.2) is 94.9 Å². The van der Waals surface area contributed by atoms with Crippen molar-refractivity contribution in [2.45, 2.75) is 184 Å². The predicted octanol–water partition coefficient (Wildman–Crippen LogP) is 16.0. The number of aliphatic imine (C=N–C) groups is 2. The van der Waals surface area contributed by atoms with Gasteiger partial charge in [0.15, 0.2) is 0 Å². The van der Waals surface area contributed by atoms with Gasteiger partial charge in [0, 0.05) is 23.6 Å². The van der Waals surface area contributed by atoms with E-state index in [4.69, 9.17) is 9.98 Å². The van der Waals surface area contributed by atoms with Gasteiger partial charge in [-0.05, 0) is 91.1 Å². The second kappa shape index (κ2) is 23.0. The Morgan fingerprint density at radius 2 is 0.682 bits per heavy atom. The van der Waals surface area contributed by atoms with Crippen molar-refractivity contribution < 1.29 is 10.2 Å². The highest BCUT2D eigenvalue weighted by Crippen LogP contribution is 2.41. The van der Waals surface area contributed by atoms with E-state index < -0.39 is 28.2 Å². The SMILES string of the molecule is CC(C)C[Si](CC(C)C)(CC(C)C)c1cc(C(C)(C)C)cc(C=N[C@H](c2ccccc2)[C@H](N=Cc2cc(C(C)(C)C)cc([Si](CC(C)C)(CC(C)C)CC(C)C)c2O)c2ccccc2)c1O. The van der Waals surface area contributed by atoms with Gasteiger partial charge in [-0.1, -0.05) is 234 Å². The standard InChI is InChI=1S/C60H92N2O2Si2/c1-41(2)35-65(36-42(3)4,37-43(5)6)53-31-51(59(13,14)15)29-49(57(53)63)33-61-55(47-25-21-19-22-26-47)56(48-27-23-20-24-28-48)62-34-50-30-52(60(16,17)18)32-54(58(50)64)66(38-44(7)8,39-45(9)10)40-46(11)12/h19-34,41-46,55-56,63-64H,35-40H2,1-18H3/t55-,56-/m1/s1. The van der Waals surface area contributed by atoms with Gasteiger partial charge in [0.1, 0.15) is 23.6 Å². The number of phenolic OH excluding ortho intramolecular Hbond substituents is 2. The van der Waals surface area contributed by atoms with E-state index in [1.807, 2.05) is 12.4 Å². The molecule has 4 nitrogen and oxygen atoms in total. The third-order valence-corrected chi connectivity index (χ3v) is 25.9.